The molecule has 3 heteroatoms. The van der Waals surface area contributed by atoms with Crippen LogP contribution >= 0.6 is 0 Å². The summed E-state index contributed by atoms with van der Waals surface area (Å²) in [5.74, 6) is 0.625. The predicted molar refractivity (Wildman–Crippen MR) is 61.8 cm³/mol. The highest BCUT2D eigenvalue weighted by Crippen LogP contribution is 2.44. The fraction of sp³-hybridized carbons (Fsp3) is 0.750. The third-order valence-electron chi connectivity index (χ3n) is 4.19. The van der Waals surface area contributed by atoms with Crippen LogP contribution in [0.3, 0.4) is 0 Å². The van der Waals surface area contributed by atoms with E-state index >= 15 is 0 Å². The standard InChI is InChI=1S/C12H21N3/c1-4-12(5-2)9-13-8-10(12)11-6-7-14-15(11)3/h6-7,10,13H,4-5,8-9H2,1-3H3/t10-/m1/s1. The van der Waals surface area contributed by atoms with Gasteiger partial charge in [0.05, 0.1) is 0 Å². The molecule has 1 aliphatic rings. The first kappa shape index (κ1) is 10.7. The van der Waals surface area contributed by atoms with E-state index in [0.717, 1.165) is 13.1 Å². The van der Waals surface area contributed by atoms with Crippen LogP contribution in [0.5, 0.6) is 0 Å². The van der Waals surface area contributed by atoms with Crippen LogP contribution in [0.25, 0.3) is 0 Å². The van der Waals surface area contributed by atoms with Crippen molar-refractivity contribution < 1.29 is 0 Å². The summed E-state index contributed by atoms with van der Waals surface area (Å²) in [4.78, 5) is 0. The van der Waals surface area contributed by atoms with Crippen molar-refractivity contribution in [1.29, 1.82) is 0 Å². The average Bonchev–Trinajstić information content (AvgIpc) is 2.83. The smallest absolute Gasteiger partial charge is 0.0492 e. The number of aromatic nitrogens is 2. The Morgan fingerprint density at radius 1 is 1.53 bits per heavy atom. The summed E-state index contributed by atoms with van der Waals surface area (Å²) in [5, 5.41) is 7.82. The maximum atomic E-state index is 4.28. The molecule has 1 aromatic rings. The summed E-state index contributed by atoms with van der Waals surface area (Å²) in [6, 6.07) is 2.16. The molecule has 15 heavy (non-hydrogen) atoms. The van der Waals surface area contributed by atoms with E-state index in [9.17, 15) is 0 Å². The van der Waals surface area contributed by atoms with Crippen molar-refractivity contribution in [2.45, 2.75) is 32.6 Å². The van der Waals surface area contributed by atoms with Gasteiger partial charge in [0.15, 0.2) is 0 Å². The van der Waals surface area contributed by atoms with Gasteiger partial charge in [0.25, 0.3) is 0 Å². The number of nitrogens with one attached hydrogen (secondary N) is 1. The zero-order chi connectivity index (χ0) is 10.9. The summed E-state index contributed by atoms with van der Waals surface area (Å²) in [5.41, 5.74) is 1.82. The van der Waals surface area contributed by atoms with Crippen molar-refractivity contribution in [3.05, 3.63) is 18.0 Å². The van der Waals surface area contributed by atoms with E-state index in [1.807, 2.05) is 17.9 Å². The Bertz CT molecular complexity index is 325. The van der Waals surface area contributed by atoms with Crippen LogP contribution < -0.4 is 5.32 Å². The van der Waals surface area contributed by atoms with Crippen molar-refractivity contribution in [2.24, 2.45) is 12.5 Å². The Balaban J connectivity index is 2.32. The van der Waals surface area contributed by atoms with Gasteiger partial charge in [-0.05, 0) is 24.3 Å². The van der Waals surface area contributed by atoms with Gasteiger partial charge in [0.2, 0.25) is 0 Å². The SMILES string of the molecule is CCC1(CC)CNC[C@@H]1c1ccnn1C. The Morgan fingerprint density at radius 3 is 2.80 bits per heavy atom. The molecule has 3 nitrogen and oxygen atoms in total. The van der Waals surface area contributed by atoms with Gasteiger partial charge >= 0.3 is 0 Å². The highest BCUT2D eigenvalue weighted by Gasteiger charge is 2.41. The van der Waals surface area contributed by atoms with Gasteiger partial charge in [-0.25, -0.2) is 0 Å². The zero-order valence-electron chi connectivity index (χ0n) is 9.95. The minimum Gasteiger partial charge on any atom is -0.315 e. The highest BCUT2D eigenvalue weighted by atomic mass is 15.3. The number of nitrogens with zero attached hydrogens (tertiary/aromatic N) is 2. The van der Waals surface area contributed by atoms with Crippen molar-refractivity contribution >= 4 is 0 Å². The molecule has 0 unspecified atom stereocenters. The number of rotatable bonds is 3. The first-order valence-electron chi connectivity index (χ1n) is 5.92. The molecule has 1 saturated heterocycles. The van der Waals surface area contributed by atoms with E-state index in [0.29, 0.717) is 11.3 Å². The molecule has 2 heterocycles. The van der Waals surface area contributed by atoms with Crippen LogP contribution in [-0.2, 0) is 7.05 Å². The normalized spacial score (nSPS) is 24.6. The van der Waals surface area contributed by atoms with Gasteiger partial charge < -0.3 is 5.32 Å². The summed E-state index contributed by atoms with van der Waals surface area (Å²) in [6.07, 6.45) is 4.39. The fourth-order valence-electron chi connectivity index (χ4n) is 2.94. The second-order valence-corrected chi connectivity index (χ2v) is 4.63. The fourth-order valence-corrected chi connectivity index (χ4v) is 2.94. The lowest BCUT2D eigenvalue weighted by molar-refractivity contribution is 0.253. The molecule has 1 aliphatic heterocycles. The van der Waals surface area contributed by atoms with Crippen molar-refractivity contribution in [2.75, 3.05) is 13.1 Å². The molecule has 1 N–H and O–H groups in total. The lowest BCUT2D eigenvalue weighted by atomic mass is 9.72. The van der Waals surface area contributed by atoms with E-state index in [2.05, 4.69) is 30.3 Å². The zero-order valence-corrected chi connectivity index (χ0v) is 9.95. The molecule has 0 radical (unpaired) electrons. The summed E-state index contributed by atoms with van der Waals surface area (Å²) in [6.45, 7) is 6.86. The second kappa shape index (κ2) is 3.97. The summed E-state index contributed by atoms with van der Waals surface area (Å²) in [7, 11) is 2.05. The molecule has 0 bridgehead atoms. The van der Waals surface area contributed by atoms with Gasteiger partial charge in [-0.15, -0.1) is 0 Å². The van der Waals surface area contributed by atoms with Crippen LogP contribution in [-0.4, -0.2) is 22.9 Å². The topological polar surface area (TPSA) is 29.9 Å². The summed E-state index contributed by atoms with van der Waals surface area (Å²) < 4.78 is 2.03. The Hall–Kier alpha value is -0.830. The van der Waals surface area contributed by atoms with Crippen LogP contribution in [0.1, 0.15) is 38.3 Å². The van der Waals surface area contributed by atoms with Crippen LogP contribution in [0.4, 0.5) is 0 Å². The number of aryl methyl sites for hydroxylation is 1. The number of hydrogen-bond acceptors (Lipinski definition) is 2. The average molecular weight is 207 g/mol. The van der Waals surface area contributed by atoms with Crippen molar-refractivity contribution in [3.8, 4) is 0 Å². The predicted octanol–water partition coefficient (Wildman–Crippen LogP) is 1.91. The van der Waals surface area contributed by atoms with Gasteiger partial charge in [0.1, 0.15) is 0 Å². The molecule has 0 spiro atoms. The number of hydrogen-bond donors (Lipinski definition) is 1. The molecular formula is C12H21N3. The van der Waals surface area contributed by atoms with Crippen LogP contribution in [0, 0.1) is 5.41 Å². The first-order valence-corrected chi connectivity index (χ1v) is 5.92. The monoisotopic (exact) mass is 207 g/mol. The molecular weight excluding hydrogens is 186 g/mol. The lowest BCUT2D eigenvalue weighted by Crippen LogP contribution is -2.28. The van der Waals surface area contributed by atoms with Gasteiger partial charge in [0, 0.05) is 37.9 Å². The van der Waals surface area contributed by atoms with E-state index in [4.69, 9.17) is 0 Å². The lowest BCUT2D eigenvalue weighted by Gasteiger charge is -2.32. The Kier molecular flexibility index (Phi) is 2.83. The summed E-state index contributed by atoms with van der Waals surface area (Å²) >= 11 is 0. The molecule has 0 saturated carbocycles. The molecule has 0 amide bonds. The second-order valence-electron chi connectivity index (χ2n) is 4.63. The molecule has 2 rings (SSSR count). The quantitative estimate of drug-likeness (QED) is 0.820. The minimum atomic E-state index is 0.438. The van der Waals surface area contributed by atoms with E-state index in [-0.39, 0.29) is 0 Å². The van der Waals surface area contributed by atoms with Crippen LogP contribution in [0.2, 0.25) is 0 Å². The van der Waals surface area contributed by atoms with E-state index in [1.54, 1.807) is 0 Å². The molecule has 1 atom stereocenters. The Labute approximate surface area is 91.9 Å². The molecule has 0 aliphatic carbocycles. The molecule has 1 aromatic heterocycles. The highest BCUT2D eigenvalue weighted by molar-refractivity contribution is 5.16. The minimum absolute atomic E-state index is 0.438. The largest absolute Gasteiger partial charge is 0.315 e. The third-order valence-corrected chi connectivity index (χ3v) is 4.19. The van der Waals surface area contributed by atoms with Gasteiger partial charge in [-0.3, -0.25) is 4.68 Å². The Morgan fingerprint density at radius 2 is 2.27 bits per heavy atom. The van der Waals surface area contributed by atoms with Crippen molar-refractivity contribution in [1.82, 2.24) is 15.1 Å². The third kappa shape index (κ3) is 1.59. The molecule has 84 valence electrons. The van der Waals surface area contributed by atoms with E-state index < -0.39 is 0 Å². The van der Waals surface area contributed by atoms with Gasteiger partial charge in [-0.1, -0.05) is 13.8 Å². The van der Waals surface area contributed by atoms with Crippen LogP contribution in [0.15, 0.2) is 12.3 Å². The molecule has 0 aromatic carbocycles. The van der Waals surface area contributed by atoms with Crippen molar-refractivity contribution in [3.63, 3.8) is 0 Å². The first-order chi connectivity index (χ1) is 7.23. The molecule has 1 fully saturated rings. The van der Waals surface area contributed by atoms with E-state index in [1.165, 1.54) is 18.5 Å². The maximum absolute atomic E-state index is 4.28. The van der Waals surface area contributed by atoms with Gasteiger partial charge in [-0.2, -0.15) is 5.10 Å². The maximum Gasteiger partial charge on any atom is 0.0492 e.